The molecule has 0 aromatic carbocycles. The number of carbonyl (C=O) groups is 1. The largest absolute Gasteiger partial charge is 0.388 e. The number of nitrogens with one attached hydrogen (secondary N) is 1. The number of rotatable bonds is 3. The number of hydrogen-bond acceptors (Lipinski definition) is 3. The van der Waals surface area contributed by atoms with Crippen molar-refractivity contribution in [2.24, 2.45) is 0 Å². The van der Waals surface area contributed by atoms with Gasteiger partial charge >= 0.3 is 0 Å². The molecule has 4 nitrogen and oxygen atoms in total. The molecule has 2 N–H and O–H groups in total. The molecule has 7 heteroatoms. The maximum Gasteiger partial charge on any atom is 0.271 e. The van der Waals surface area contributed by atoms with Gasteiger partial charge < -0.3 is 10.4 Å². The van der Waals surface area contributed by atoms with Gasteiger partial charge in [-0.05, 0) is 12.8 Å². The summed E-state index contributed by atoms with van der Waals surface area (Å²) in [6.45, 7) is 0.185. The zero-order valence-corrected chi connectivity index (χ0v) is 13.7. The van der Waals surface area contributed by atoms with Crippen molar-refractivity contribution in [3.05, 3.63) is 27.0 Å². The Labute approximate surface area is 138 Å². The summed E-state index contributed by atoms with van der Waals surface area (Å²) in [5.41, 5.74) is -0.835. The molecule has 1 heterocycles. The lowest BCUT2D eigenvalue weighted by Gasteiger charge is -2.26. The van der Waals surface area contributed by atoms with Crippen LogP contribution in [0.5, 0.6) is 0 Å². The number of pyridine rings is 1. The van der Waals surface area contributed by atoms with E-state index in [0.717, 1.165) is 25.7 Å². The standard InChI is InChI=1S/C14H17Cl3N2O2/c15-9-7-18-12(11(17)10(9)16)13(20)19-8-14(21)5-3-1-2-4-6-14/h7,21H,1-6,8H2,(H,19,20). The molecule has 2 rings (SSSR count). The zero-order chi connectivity index (χ0) is 15.5. The van der Waals surface area contributed by atoms with E-state index in [1.165, 1.54) is 6.20 Å². The van der Waals surface area contributed by atoms with Gasteiger partial charge in [-0.25, -0.2) is 4.98 Å². The third-order valence-electron chi connectivity index (χ3n) is 3.74. The molecule has 0 saturated heterocycles. The highest BCUT2D eigenvalue weighted by atomic mass is 35.5. The third kappa shape index (κ3) is 4.22. The van der Waals surface area contributed by atoms with Gasteiger partial charge in [0.25, 0.3) is 5.91 Å². The SMILES string of the molecule is O=C(NCC1(O)CCCCCC1)c1ncc(Cl)c(Cl)c1Cl. The van der Waals surface area contributed by atoms with Crippen LogP contribution in [0.3, 0.4) is 0 Å². The summed E-state index contributed by atoms with van der Waals surface area (Å²) in [5, 5.41) is 13.5. The van der Waals surface area contributed by atoms with E-state index in [1.807, 2.05) is 0 Å². The molecule has 0 unspecified atom stereocenters. The Morgan fingerprint density at radius 3 is 2.43 bits per heavy atom. The molecule has 1 saturated carbocycles. The summed E-state index contributed by atoms with van der Waals surface area (Å²) >= 11 is 17.6. The second-order valence-corrected chi connectivity index (χ2v) is 6.57. The van der Waals surface area contributed by atoms with Crippen LogP contribution in [-0.2, 0) is 0 Å². The van der Waals surface area contributed by atoms with Gasteiger partial charge in [-0.15, -0.1) is 0 Å². The highest BCUT2D eigenvalue weighted by Crippen LogP contribution is 2.31. The molecule has 1 fully saturated rings. The Hall–Kier alpha value is -0.550. The number of nitrogens with zero attached hydrogens (tertiary/aromatic N) is 1. The number of hydrogen-bond donors (Lipinski definition) is 2. The molecule has 0 aliphatic heterocycles. The molecule has 1 amide bonds. The van der Waals surface area contributed by atoms with Crippen molar-refractivity contribution >= 4 is 40.7 Å². The van der Waals surface area contributed by atoms with Gasteiger partial charge in [0, 0.05) is 12.7 Å². The maximum absolute atomic E-state index is 12.1. The van der Waals surface area contributed by atoms with Crippen LogP contribution >= 0.6 is 34.8 Å². The smallest absolute Gasteiger partial charge is 0.271 e. The van der Waals surface area contributed by atoms with Crippen molar-refractivity contribution in [2.75, 3.05) is 6.54 Å². The van der Waals surface area contributed by atoms with E-state index in [9.17, 15) is 9.90 Å². The summed E-state index contributed by atoms with van der Waals surface area (Å²) in [5.74, 6) is -0.462. The lowest BCUT2D eigenvalue weighted by molar-refractivity contribution is 0.0246. The first-order valence-corrected chi connectivity index (χ1v) is 8.06. The Bertz CT molecular complexity index is 529. The fourth-order valence-corrected chi connectivity index (χ4v) is 3.06. The predicted octanol–water partition coefficient (Wildman–Crippen LogP) is 3.86. The number of aliphatic hydroxyl groups is 1. The highest BCUT2D eigenvalue weighted by Gasteiger charge is 2.29. The van der Waals surface area contributed by atoms with E-state index in [2.05, 4.69) is 10.3 Å². The van der Waals surface area contributed by atoms with Crippen LogP contribution in [0.4, 0.5) is 0 Å². The van der Waals surface area contributed by atoms with Gasteiger partial charge in [-0.1, -0.05) is 60.5 Å². The van der Waals surface area contributed by atoms with Crippen LogP contribution in [0.2, 0.25) is 15.1 Å². The van der Waals surface area contributed by atoms with E-state index in [1.54, 1.807) is 0 Å². The summed E-state index contributed by atoms with van der Waals surface area (Å²) in [7, 11) is 0. The van der Waals surface area contributed by atoms with Crippen LogP contribution < -0.4 is 5.32 Å². The number of halogens is 3. The van der Waals surface area contributed by atoms with Crippen molar-refractivity contribution < 1.29 is 9.90 Å². The molecular formula is C14H17Cl3N2O2. The summed E-state index contributed by atoms with van der Waals surface area (Å²) in [6, 6.07) is 0. The van der Waals surface area contributed by atoms with E-state index in [0.29, 0.717) is 12.8 Å². The second-order valence-electron chi connectivity index (χ2n) is 5.40. The Kier molecular flexibility index (Phi) is 5.72. The molecule has 1 aliphatic rings. The van der Waals surface area contributed by atoms with Crippen molar-refractivity contribution in [2.45, 2.75) is 44.1 Å². The van der Waals surface area contributed by atoms with Gasteiger partial charge in [-0.2, -0.15) is 0 Å². The van der Waals surface area contributed by atoms with Gasteiger partial charge in [0.1, 0.15) is 5.69 Å². The minimum atomic E-state index is -0.852. The van der Waals surface area contributed by atoms with Crippen LogP contribution in [0.15, 0.2) is 6.20 Å². The molecule has 116 valence electrons. The first-order chi connectivity index (χ1) is 9.93. The number of carbonyl (C=O) groups excluding carboxylic acids is 1. The molecule has 1 aliphatic carbocycles. The molecule has 0 radical (unpaired) electrons. The average molecular weight is 352 g/mol. The van der Waals surface area contributed by atoms with Crippen LogP contribution in [0.25, 0.3) is 0 Å². The van der Waals surface area contributed by atoms with Gasteiger partial charge in [-0.3, -0.25) is 4.79 Å². The monoisotopic (exact) mass is 350 g/mol. The minimum Gasteiger partial charge on any atom is -0.388 e. The Balaban J connectivity index is 2.03. The average Bonchev–Trinajstić information content (AvgIpc) is 2.68. The maximum atomic E-state index is 12.1. The van der Waals surface area contributed by atoms with E-state index in [-0.39, 0.29) is 27.3 Å². The molecule has 21 heavy (non-hydrogen) atoms. The molecule has 1 aromatic rings. The minimum absolute atomic E-state index is 0.0169. The zero-order valence-electron chi connectivity index (χ0n) is 11.5. The van der Waals surface area contributed by atoms with Crippen LogP contribution in [0, 0.1) is 0 Å². The summed E-state index contributed by atoms with van der Waals surface area (Å²) in [4.78, 5) is 16.0. The normalized spacial score (nSPS) is 18.1. The lowest BCUT2D eigenvalue weighted by atomic mass is 9.94. The Morgan fingerprint density at radius 2 is 1.81 bits per heavy atom. The number of amides is 1. The first-order valence-electron chi connectivity index (χ1n) is 6.93. The van der Waals surface area contributed by atoms with Crippen molar-refractivity contribution in [1.29, 1.82) is 0 Å². The first kappa shape index (κ1) is 16.8. The highest BCUT2D eigenvalue weighted by molar-refractivity contribution is 6.48. The van der Waals surface area contributed by atoms with Crippen LogP contribution in [0.1, 0.15) is 49.0 Å². The fraction of sp³-hybridized carbons (Fsp3) is 0.571. The molecule has 1 aromatic heterocycles. The molecule has 0 spiro atoms. The summed E-state index contributed by atoms with van der Waals surface area (Å²) in [6.07, 6.45) is 6.85. The predicted molar refractivity (Wildman–Crippen MR) is 84.3 cm³/mol. The van der Waals surface area contributed by atoms with Crippen molar-refractivity contribution in [1.82, 2.24) is 10.3 Å². The van der Waals surface area contributed by atoms with Gasteiger partial charge in [0.2, 0.25) is 0 Å². The van der Waals surface area contributed by atoms with Gasteiger partial charge in [0.15, 0.2) is 0 Å². The molecular weight excluding hydrogens is 335 g/mol. The van der Waals surface area contributed by atoms with Crippen LogP contribution in [-0.4, -0.2) is 28.1 Å². The van der Waals surface area contributed by atoms with Crippen molar-refractivity contribution in [3.63, 3.8) is 0 Å². The molecule has 0 bridgehead atoms. The fourth-order valence-electron chi connectivity index (χ4n) is 2.49. The summed E-state index contributed by atoms with van der Waals surface area (Å²) < 4.78 is 0. The van der Waals surface area contributed by atoms with E-state index >= 15 is 0 Å². The topological polar surface area (TPSA) is 62.2 Å². The number of aromatic nitrogens is 1. The quantitative estimate of drug-likeness (QED) is 0.813. The molecule has 0 atom stereocenters. The third-order valence-corrected chi connectivity index (χ3v) is 4.99. The van der Waals surface area contributed by atoms with E-state index < -0.39 is 11.5 Å². The van der Waals surface area contributed by atoms with Gasteiger partial charge in [0.05, 0.1) is 20.7 Å². The van der Waals surface area contributed by atoms with E-state index in [4.69, 9.17) is 34.8 Å². The Morgan fingerprint density at radius 1 is 1.19 bits per heavy atom. The lowest BCUT2D eigenvalue weighted by Crippen LogP contribution is -2.42. The van der Waals surface area contributed by atoms with Crippen molar-refractivity contribution in [3.8, 4) is 0 Å². The second kappa shape index (κ2) is 7.14.